The molecule has 13 heavy (non-hydrogen) atoms. The van der Waals surface area contributed by atoms with E-state index in [9.17, 15) is 0 Å². The lowest BCUT2D eigenvalue weighted by atomic mass is 10.1. The van der Waals surface area contributed by atoms with Gasteiger partial charge in [0.2, 0.25) is 0 Å². The van der Waals surface area contributed by atoms with Crippen LogP contribution in [-0.4, -0.2) is 6.72 Å². The van der Waals surface area contributed by atoms with Gasteiger partial charge in [0.1, 0.15) is 0 Å². The summed E-state index contributed by atoms with van der Waals surface area (Å²) >= 11 is 0. The molecule has 1 nitrogen and oxygen atoms in total. The zero-order valence-electron chi connectivity index (χ0n) is 8.25. The average Bonchev–Trinajstić information content (AvgIpc) is 2.26. The minimum atomic E-state index is 0.452. The zero-order valence-corrected chi connectivity index (χ0v) is 8.25. The van der Waals surface area contributed by atoms with Crippen molar-refractivity contribution in [3.8, 4) is 0 Å². The third-order valence-corrected chi connectivity index (χ3v) is 2.03. The van der Waals surface area contributed by atoms with Gasteiger partial charge in [0.05, 0.1) is 5.70 Å². The highest BCUT2D eigenvalue weighted by Crippen LogP contribution is 2.21. The van der Waals surface area contributed by atoms with Gasteiger partial charge in [-0.25, -0.2) is 0 Å². The Morgan fingerprint density at radius 2 is 2.00 bits per heavy atom. The van der Waals surface area contributed by atoms with Crippen molar-refractivity contribution >= 4 is 6.72 Å². The summed E-state index contributed by atoms with van der Waals surface area (Å²) in [4.78, 5) is 3.98. The summed E-state index contributed by atoms with van der Waals surface area (Å²) in [6, 6.07) is 0. The van der Waals surface area contributed by atoms with Crippen LogP contribution < -0.4 is 0 Å². The van der Waals surface area contributed by atoms with Crippen LogP contribution in [0.1, 0.15) is 13.8 Å². The average molecular weight is 173 g/mol. The van der Waals surface area contributed by atoms with Gasteiger partial charge in [0.25, 0.3) is 0 Å². The lowest BCUT2D eigenvalue weighted by Crippen LogP contribution is -1.84. The molecular weight excluding hydrogens is 158 g/mol. The Labute approximate surface area is 79.9 Å². The second kappa shape index (κ2) is 4.04. The molecule has 0 fully saturated rings. The molecule has 1 atom stereocenters. The molecule has 0 saturated carbocycles. The summed E-state index contributed by atoms with van der Waals surface area (Å²) < 4.78 is 0. The highest BCUT2D eigenvalue weighted by atomic mass is 14.7. The first kappa shape index (κ1) is 9.72. The molecule has 1 unspecified atom stereocenters. The molecule has 0 spiro atoms. The van der Waals surface area contributed by atoms with Crippen LogP contribution in [0.25, 0.3) is 0 Å². The highest BCUT2D eigenvalue weighted by Gasteiger charge is 2.04. The fourth-order valence-corrected chi connectivity index (χ4v) is 1.23. The molecule has 0 bridgehead atoms. The molecule has 0 radical (unpaired) electrons. The minimum Gasteiger partial charge on any atom is -0.264 e. The Hall–Kier alpha value is -1.37. The van der Waals surface area contributed by atoms with Gasteiger partial charge in [-0.1, -0.05) is 31.7 Å². The number of allylic oxidation sites excluding steroid dienone is 6. The number of nitrogens with zero attached hydrogens (tertiary/aromatic N) is 1. The second-order valence-electron chi connectivity index (χ2n) is 3.31. The normalized spacial score (nSPS) is 21.5. The molecule has 1 heteroatoms. The van der Waals surface area contributed by atoms with Crippen molar-refractivity contribution in [2.45, 2.75) is 13.8 Å². The van der Waals surface area contributed by atoms with E-state index in [0.717, 1.165) is 16.8 Å². The van der Waals surface area contributed by atoms with Crippen LogP contribution in [0.4, 0.5) is 0 Å². The number of hydrogen-bond donors (Lipinski definition) is 0. The first-order valence-electron chi connectivity index (χ1n) is 4.38. The molecular formula is C12H15N. The highest BCUT2D eigenvalue weighted by molar-refractivity contribution is 5.49. The summed E-state index contributed by atoms with van der Waals surface area (Å²) in [6.45, 7) is 11.6. The number of rotatable bonds is 2. The Morgan fingerprint density at radius 3 is 2.54 bits per heavy atom. The first-order valence-corrected chi connectivity index (χ1v) is 4.38. The molecule has 0 saturated heterocycles. The van der Waals surface area contributed by atoms with Gasteiger partial charge < -0.3 is 0 Å². The van der Waals surface area contributed by atoms with Gasteiger partial charge in [-0.2, -0.15) is 0 Å². The maximum Gasteiger partial charge on any atom is 0.0694 e. The summed E-state index contributed by atoms with van der Waals surface area (Å²) in [5.41, 5.74) is 3.01. The molecule has 1 aliphatic rings. The van der Waals surface area contributed by atoms with Crippen LogP contribution >= 0.6 is 0 Å². The minimum absolute atomic E-state index is 0.452. The Morgan fingerprint density at radius 1 is 1.38 bits per heavy atom. The molecule has 0 aromatic carbocycles. The lowest BCUT2D eigenvalue weighted by Gasteiger charge is -2.02. The number of aliphatic imine (C=N–C) groups is 1. The predicted molar refractivity (Wildman–Crippen MR) is 58.8 cm³/mol. The van der Waals surface area contributed by atoms with Crippen LogP contribution in [-0.2, 0) is 0 Å². The molecule has 0 aromatic heterocycles. The van der Waals surface area contributed by atoms with E-state index >= 15 is 0 Å². The summed E-state index contributed by atoms with van der Waals surface area (Å²) in [5, 5.41) is 0. The monoisotopic (exact) mass is 173 g/mol. The maximum atomic E-state index is 3.98. The topological polar surface area (TPSA) is 12.4 Å². The van der Waals surface area contributed by atoms with Crippen molar-refractivity contribution in [1.29, 1.82) is 0 Å². The largest absolute Gasteiger partial charge is 0.264 e. The van der Waals surface area contributed by atoms with E-state index in [2.05, 4.69) is 43.4 Å². The van der Waals surface area contributed by atoms with E-state index in [1.165, 1.54) is 0 Å². The van der Waals surface area contributed by atoms with E-state index in [4.69, 9.17) is 0 Å². The second-order valence-corrected chi connectivity index (χ2v) is 3.31. The smallest absolute Gasteiger partial charge is 0.0694 e. The zero-order chi connectivity index (χ0) is 9.84. The third kappa shape index (κ3) is 2.28. The molecule has 0 N–H and O–H groups in total. The summed E-state index contributed by atoms with van der Waals surface area (Å²) in [7, 11) is 0. The van der Waals surface area contributed by atoms with Crippen molar-refractivity contribution in [3.05, 3.63) is 47.7 Å². The Bertz CT molecular complexity index is 316. The van der Waals surface area contributed by atoms with E-state index < -0.39 is 0 Å². The van der Waals surface area contributed by atoms with Crippen LogP contribution in [0.5, 0.6) is 0 Å². The fraction of sp³-hybridized carbons (Fsp3) is 0.250. The van der Waals surface area contributed by atoms with Crippen molar-refractivity contribution in [2.75, 3.05) is 0 Å². The quantitative estimate of drug-likeness (QED) is 0.568. The molecule has 0 amide bonds. The van der Waals surface area contributed by atoms with Crippen LogP contribution in [0.15, 0.2) is 52.7 Å². The lowest BCUT2D eigenvalue weighted by molar-refractivity contribution is 0.941. The molecule has 68 valence electrons. The molecule has 1 aliphatic carbocycles. The standard InChI is InChI=1S/C12H15N/c1-9(2)11-7-5-10(3)6-8-12(11)13-4/h5-8,10H,1,4H2,2-3H3. The molecule has 0 aromatic rings. The Kier molecular flexibility index (Phi) is 3.02. The maximum absolute atomic E-state index is 3.98. The van der Waals surface area contributed by atoms with E-state index in [1.807, 2.05) is 13.0 Å². The first-order chi connectivity index (χ1) is 6.15. The van der Waals surface area contributed by atoms with Crippen LogP contribution in [0.2, 0.25) is 0 Å². The Balaban J connectivity index is 3.16. The molecule has 1 rings (SSSR count). The molecule has 0 aliphatic heterocycles. The third-order valence-electron chi connectivity index (χ3n) is 2.03. The van der Waals surface area contributed by atoms with Crippen LogP contribution in [0, 0.1) is 5.92 Å². The van der Waals surface area contributed by atoms with Gasteiger partial charge in [-0.05, 0) is 31.2 Å². The van der Waals surface area contributed by atoms with E-state index in [1.54, 1.807) is 0 Å². The predicted octanol–water partition coefficient (Wildman–Crippen LogP) is 3.28. The van der Waals surface area contributed by atoms with E-state index in [-0.39, 0.29) is 0 Å². The van der Waals surface area contributed by atoms with Gasteiger partial charge in [0.15, 0.2) is 0 Å². The van der Waals surface area contributed by atoms with Gasteiger partial charge in [0, 0.05) is 5.57 Å². The van der Waals surface area contributed by atoms with Gasteiger partial charge in [-0.3, -0.25) is 4.99 Å². The fourth-order valence-electron chi connectivity index (χ4n) is 1.23. The summed E-state index contributed by atoms with van der Waals surface area (Å²) in [5.74, 6) is 0.452. The van der Waals surface area contributed by atoms with Crippen molar-refractivity contribution < 1.29 is 0 Å². The van der Waals surface area contributed by atoms with Crippen molar-refractivity contribution in [1.82, 2.24) is 0 Å². The number of hydrogen-bond acceptors (Lipinski definition) is 1. The van der Waals surface area contributed by atoms with Crippen molar-refractivity contribution in [3.63, 3.8) is 0 Å². The van der Waals surface area contributed by atoms with Gasteiger partial charge in [-0.15, -0.1) is 0 Å². The SMILES string of the molecule is C=NC1=C(C(=C)C)C=CC(C)C=C1. The van der Waals surface area contributed by atoms with E-state index in [0.29, 0.717) is 5.92 Å². The van der Waals surface area contributed by atoms with Crippen molar-refractivity contribution in [2.24, 2.45) is 10.9 Å². The van der Waals surface area contributed by atoms with Gasteiger partial charge >= 0.3 is 0 Å². The summed E-state index contributed by atoms with van der Waals surface area (Å²) in [6.07, 6.45) is 8.31. The molecule has 0 heterocycles. The van der Waals surface area contributed by atoms with Crippen LogP contribution in [0.3, 0.4) is 0 Å².